The Morgan fingerprint density at radius 1 is 0.872 bits per heavy atom. The SMILES string of the molecule is CCCNC(=O)C(Cc1ccccc1)N(Cc1ccc(Cl)cc1)C(=O)CN(c1cccc(C(F)(F)F)c1)S(=O)(=O)c1ccc(C)cc1. The Morgan fingerprint density at radius 2 is 1.53 bits per heavy atom. The van der Waals surface area contributed by atoms with Gasteiger partial charge in [-0.25, -0.2) is 8.42 Å². The predicted molar refractivity (Wildman–Crippen MR) is 176 cm³/mol. The van der Waals surface area contributed by atoms with E-state index in [-0.39, 0.29) is 23.5 Å². The van der Waals surface area contributed by atoms with Gasteiger partial charge in [0.05, 0.1) is 16.1 Å². The van der Waals surface area contributed by atoms with E-state index < -0.39 is 46.2 Å². The zero-order valence-electron chi connectivity index (χ0n) is 25.9. The Labute approximate surface area is 278 Å². The van der Waals surface area contributed by atoms with E-state index in [1.54, 1.807) is 55.5 Å². The Balaban J connectivity index is 1.83. The maximum Gasteiger partial charge on any atom is 0.416 e. The van der Waals surface area contributed by atoms with E-state index in [0.29, 0.717) is 33.9 Å². The maximum atomic E-state index is 14.4. The first-order valence-corrected chi connectivity index (χ1v) is 16.7. The fourth-order valence-corrected chi connectivity index (χ4v) is 6.44. The van der Waals surface area contributed by atoms with E-state index in [4.69, 9.17) is 11.6 Å². The standard InChI is InChI=1S/C35H35ClF3N3O4S/c1-3-20-40-34(44)32(21-26-8-5-4-6-9-26)41(23-27-14-16-29(36)17-15-27)33(43)24-42(30-11-7-10-28(22-30)35(37,38)39)47(45,46)31-18-12-25(2)13-19-31/h4-19,22,32H,3,20-21,23-24H2,1-2H3,(H,40,44). The normalized spacial score (nSPS) is 12.3. The van der Waals surface area contributed by atoms with Gasteiger partial charge in [-0.3, -0.25) is 13.9 Å². The molecule has 12 heteroatoms. The molecule has 4 aromatic carbocycles. The quantitative estimate of drug-likeness (QED) is 0.164. The first kappa shape index (κ1) is 35.5. The van der Waals surface area contributed by atoms with Crippen molar-refractivity contribution in [3.63, 3.8) is 0 Å². The van der Waals surface area contributed by atoms with Gasteiger partial charge in [-0.1, -0.05) is 84.8 Å². The molecule has 4 aromatic rings. The van der Waals surface area contributed by atoms with Crippen LogP contribution in [0.5, 0.6) is 0 Å². The number of halogens is 4. The maximum absolute atomic E-state index is 14.4. The molecule has 0 aromatic heterocycles. The zero-order valence-corrected chi connectivity index (χ0v) is 27.4. The van der Waals surface area contributed by atoms with Gasteiger partial charge < -0.3 is 10.2 Å². The van der Waals surface area contributed by atoms with Crippen LogP contribution in [-0.2, 0) is 38.8 Å². The summed E-state index contributed by atoms with van der Waals surface area (Å²) in [5.41, 5.74) is 0.693. The summed E-state index contributed by atoms with van der Waals surface area (Å²) in [6.45, 7) is 3.00. The molecule has 0 saturated heterocycles. The summed E-state index contributed by atoms with van der Waals surface area (Å²) in [6, 6.07) is 24.1. The number of anilines is 1. The summed E-state index contributed by atoms with van der Waals surface area (Å²) >= 11 is 6.09. The van der Waals surface area contributed by atoms with Crippen molar-refractivity contribution in [1.82, 2.24) is 10.2 Å². The van der Waals surface area contributed by atoms with Crippen LogP contribution >= 0.6 is 11.6 Å². The number of alkyl halides is 3. The fourth-order valence-electron chi connectivity index (χ4n) is 4.91. The number of rotatable bonds is 13. The average molecular weight is 686 g/mol. The average Bonchev–Trinajstić information content (AvgIpc) is 3.05. The second-order valence-corrected chi connectivity index (χ2v) is 13.3. The highest BCUT2D eigenvalue weighted by Crippen LogP contribution is 2.33. The third kappa shape index (κ3) is 9.36. The van der Waals surface area contributed by atoms with Crippen molar-refractivity contribution in [1.29, 1.82) is 0 Å². The van der Waals surface area contributed by atoms with Crippen molar-refractivity contribution in [2.24, 2.45) is 0 Å². The summed E-state index contributed by atoms with van der Waals surface area (Å²) in [7, 11) is -4.56. The van der Waals surface area contributed by atoms with Crippen LogP contribution in [0.1, 0.15) is 35.6 Å². The van der Waals surface area contributed by atoms with Gasteiger partial charge in [-0.2, -0.15) is 13.2 Å². The molecule has 0 radical (unpaired) electrons. The molecule has 0 heterocycles. The lowest BCUT2D eigenvalue weighted by Crippen LogP contribution is -2.53. The van der Waals surface area contributed by atoms with E-state index >= 15 is 0 Å². The lowest BCUT2D eigenvalue weighted by atomic mass is 10.0. The molecule has 0 aliphatic heterocycles. The molecule has 1 N–H and O–H groups in total. The summed E-state index contributed by atoms with van der Waals surface area (Å²) < 4.78 is 70.1. The highest BCUT2D eigenvalue weighted by molar-refractivity contribution is 7.92. The van der Waals surface area contributed by atoms with E-state index in [9.17, 15) is 31.2 Å². The molecule has 248 valence electrons. The minimum Gasteiger partial charge on any atom is -0.354 e. The molecule has 7 nitrogen and oxygen atoms in total. The first-order valence-electron chi connectivity index (χ1n) is 14.9. The van der Waals surface area contributed by atoms with E-state index in [1.165, 1.54) is 23.1 Å². The summed E-state index contributed by atoms with van der Waals surface area (Å²) in [5.74, 6) is -1.24. The largest absolute Gasteiger partial charge is 0.416 e. The third-order valence-electron chi connectivity index (χ3n) is 7.44. The van der Waals surface area contributed by atoms with E-state index in [0.717, 1.165) is 23.3 Å². The van der Waals surface area contributed by atoms with Crippen LogP contribution in [0.4, 0.5) is 18.9 Å². The van der Waals surface area contributed by atoms with E-state index in [2.05, 4.69) is 5.32 Å². The topological polar surface area (TPSA) is 86.8 Å². The molecule has 0 spiro atoms. The molecule has 0 fully saturated rings. The van der Waals surface area contributed by atoms with Gasteiger partial charge in [0.15, 0.2) is 0 Å². The smallest absolute Gasteiger partial charge is 0.354 e. The van der Waals surface area contributed by atoms with Crippen molar-refractivity contribution in [2.75, 3.05) is 17.4 Å². The van der Waals surface area contributed by atoms with E-state index in [1.807, 2.05) is 25.1 Å². The number of benzene rings is 4. The molecule has 0 aliphatic carbocycles. The molecule has 0 saturated carbocycles. The van der Waals surface area contributed by atoms with Crippen molar-refractivity contribution in [3.05, 3.63) is 130 Å². The Morgan fingerprint density at radius 3 is 2.15 bits per heavy atom. The number of hydrogen-bond acceptors (Lipinski definition) is 4. The van der Waals surface area contributed by atoms with Gasteiger partial charge in [-0.05, 0) is 66.9 Å². The second kappa shape index (κ2) is 15.5. The molecular weight excluding hydrogens is 651 g/mol. The molecular formula is C35H35ClF3N3O4S. The van der Waals surface area contributed by atoms with Gasteiger partial charge in [-0.15, -0.1) is 0 Å². The molecule has 0 bridgehead atoms. The summed E-state index contributed by atoms with van der Waals surface area (Å²) in [5, 5.41) is 3.29. The van der Waals surface area contributed by atoms with Gasteiger partial charge in [0.2, 0.25) is 11.8 Å². The fraction of sp³-hybridized carbons (Fsp3) is 0.257. The highest BCUT2D eigenvalue weighted by Gasteiger charge is 2.36. The number of amides is 2. The van der Waals surface area contributed by atoms with Crippen LogP contribution in [-0.4, -0.2) is 44.3 Å². The van der Waals surface area contributed by atoms with Crippen molar-refractivity contribution in [2.45, 2.75) is 50.3 Å². The van der Waals surface area contributed by atoms with Crippen LogP contribution in [0, 0.1) is 6.92 Å². The molecule has 2 amide bonds. The van der Waals surface area contributed by atoms with Crippen LogP contribution in [0.2, 0.25) is 5.02 Å². The van der Waals surface area contributed by atoms with Crippen LogP contribution in [0.25, 0.3) is 0 Å². The third-order valence-corrected chi connectivity index (χ3v) is 9.48. The number of carbonyl (C=O) groups excluding carboxylic acids is 2. The summed E-state index contributed by atoms with van der Waals surface area (Å²) in [4.78, 5) is 29.1. The molecule has 0 aliphatic rings. The highest BCUT2D eigenvalue weighted by atomic mass is 35.5. The van der Waals surface area contributed by atoms with Crippen molar-refractivity contribution >= 4 is 39.1 Å². The monoisotopic (exact) mass is 685 g/mol. The molecule has 1 unspecified atom stereocenters. The second-order valence-electron chi connectivity index (χ2n) is 11.0. The van der Waals surface area contributed by atoms with Gasteiger partial charge >= 0.3 is 6.18 Å². The lowest BCUT2D eigenvalue weighted by Gasteiger charge is -2.34. The number of aryl methyl sites for hydroxylation is 1. The van der Waals surface area contributed by atoms with Gasteiger partial charge in [0.1, 0.15) is 12.6 Å². The Bertz CT molecular complexity index is 1770. The van der Waals surface area contributed by atoms with Gasteiger partial charge in [0.25, 0.3) is 10.0 Å². The molecule has 1 atom stereocenters. The number of carbonyl (C=O) groups is 2. The minimum absolute atomic E-state index is 0.101. The first-order chi connectivity index (χ1) is 22.3. The number of nitrogens with one attached hydrogen (secondary N) is 1. The minimum atomic E-state index is -4.77. The van der Waals surface area contributed by atoms with Crippen molar-refractivity contribution < 1.29 is 31.2 Å². The molecule has 4 rings (SSSR count). The Hall–Kier alpha value is -4.35. The zero-order chi connectivity index (χ0) is 34.2. The van der Waals surface area contributed by atoms with Gasteiger partial charge in [0, 0.05) is 24.5 Å². The van der Waals surface area contributed by atoms with Crippen LogP contribution < -0.4 is 9.62 Å². The Kier molecular flexibility index (Phi) is 11.7. The number of nitrogens with zero attached hydrogens (tertiary/aromatic N) is 2. The number of hydrogen-bond donors (Lipinski definition) is 1. The predicted octanol–water partition coefficient (Wildman–Crippen LogP) is 7.03. The number of sulfonamides is 1. The lowest BCUT2D eigenvalue weighted by molar-refractivity contribution is -0.140. The van der Waals surface area contributed by atoms with Crippen LogP contribution in [0.3, 0.4) is 0 Å². The van der Waals surface area contributed by atoms with Crippen molar-refractivity contribution in [3.8, 4) is 0 Å². The van der Waals surface area contributed by atoms with Crippen LogP contribution in [0.15, 0.2) is 108 Å². The summed E-state index contributed by atoms with van der Waals surface area (Å²) in [6.07, 6.45) is -4.03. The molecule has 47 heavy (non-hydrogen) atoms.